The van der Waals surface area contributed by atoms with Crippen LogP contribution in [0.2, 0.25) is 0 Å². The van der Waals surface area contributed by atoms with Crippen LogP contribution >= 0.6 is 0 Å². The second kappa shape index (κ2) is 4.86. The number of nitrogens with two attached hydrogens (primary N) is 1. The highest BCUT2D eigenvalue weighted by Crippen LogP contribution is 1.99. The minimum Gasteiger partial charge on any atom is -0.477 e. The molecule has 0 unspecified atom stereocenters. The van der Waals surface area contributed by atoms with Crippen molar-refractivity contribution in [2.24, 2.45) is 5.14 Å². The average molecular weight is 246 g/mol. The molecule has 0 aromatic carbocycles. The Hall–Kier alpha value is -1.74. The Morgan fingerprint density at radius 3 is 2.81 bits per heavy atom. The summed E-state index contributed by atoms with van der Waals surface area (Å²) in [4.78, 5) is 17.9. The van der Waals surface area contributed by atoms with Crippen molar-refractivity contribution in [1.82, 2.24) is 9.97 Å². The van der Waals surface area contributed by atoms with Gasteiger partial charge in [-0.05, 0) is 6.07 Å². The number of anilines is 1. The molecule has 0 aliphatic carbocycles. The van der Waals surface area contributed by atoms with E-state index < -0.39 is 16.0 Å². The maximum Gasteiger partial charge on any atom is 0.354 e. The lowest BCUT2D eigenvalue weighted by atomic mass is 10.4. The number of nitrogens with zero attached hydrogens (tertiary/aromatic N) is 2. The molecule has 0 atom stereocenters. The van der Waals surface area contributed by atoms with E-state index in [1.54, 1.807) is 0 Å². The highest BCUT2D eigenvalue weighted by molar-refractivity contribution is 7.89. The number of nitrogens with one attached hydrogen (secondary N) is 1. The molecule has 0 aliphatic rings. The molecule has 9 heteroatoms. The van der Waals surface area contributed by atoms with Gasteiger partial charge in [-0.15, -0.1) is 0 Å². The Kier molecular flexibility index (Phi) is 3.74. The topological polar surface area (TPSA) is 135 Å². The molecule has 16 heavy (non-hydrogen) atoms. The first kappa shape index (κ1) is 12.3. The lowest BCUT2D eigenvalue weighted by molar-refractivity contribution is 0.0690. The first-order chi connectivity index (χ1) is 7.38. The largest absolute Gasteiger partial charge is 0.477 e. The number of hydrogen-bond acceptors (Lipinski definition) is 6. The van der Waals surface area contributed by atoms with Gasteiger partial charge in [-0.25, -0.2) is 28.3 Å². The summed E-state index contributed by atoms with van der Waals surface area (Å²) < 4.78 is 21.2. The molecule has 1 rings (SSSR count). The number of sulfonamides is 1. The molecule has 0 amide bonds. The van der Waals surface area contributed by atoms with Gasteiger partial charge in [0, 0.05) is 12.7 Å². The van der Waals surface area contributed by atoms with Crippen LogP contribution in [0.25, 0.3) is 0 Å². The first-order valence-electron chi connectivity index (χ1n) is 4.19. The Labute approximate surface area is 91.6 Å². The van der Waals surface area contributed by atoms with Crippen LogP contribution in [0.5, 0.6) is 0 Å². The molecule has 0 saturated carbocycles. The van der Waals surface area contributed by atoms with Gasteiger partial charge in [-0.2, -0.15) is 0 Å². The predicted molar refractivity (Wildman–Crippen MR) is 55.5 cm³/mol. The summed E-state index contributed by atoms with van der Waals surface area (Å²) in [5.41, 5.74) is -0.173. The molecular weight excluding hydrogens is 236 g/mol. The quantitative estimate of drug-likeness (QED) is 0.598. The van der Waals surface area contributed by atoms with E-state index in [1.807, 2.05) is 0 Å². The molecule has 1 aromatic rings. The van der Waals surface area contributed by atoms with Crippen LogP contribution in [0.3, 0.4) is 0 Å². The summed E-state index contributed by atoms with van der Waals surface area (Å²) >= 11 is 0. The van der Waals surface area contributed by atoms with Gasteiger partial charge in [0.05, 0.1) is 5.75 Å². The summed E-state index contributed by atoms with van der Waals surface area (Å²) in [5, 5.41) is 16.0. The van der Waals surface area contributed by atoms with Gasteiger partial charge in [-0.1, -0.05) is 0 Å². The molecule has 0 bridgehead atoms. The minimum atomic E-state index is -3.56. The van der Waals surface area contributed by atoms with E-state index in [9.17, 15) is 13.2 Å². The third-order valence-corrected chi connectivity index (χ3v) is 2.32. The molecule has 88 valence electrons. The van der Waals surface area contributed by atoms with E-state index >= 15 is 0 Å². The van der Waals surface area contributed by atoms with E-state index in [1.165, 1.54) is 12.3 Å². The maximum atomic E-state index is 10.6. The van der Waals surface area contributed by atoms with Crippen molar-refractivity contribution in [1.29, 1.82) is 0 Å². The van der Waals surface area contributed by atoms with Crippen molar-refractivity contribution in [2.75, 3.05) is 17.6 Å². The molecule has 4 N–H and O–H groups in total. The van der Waals surface area contributed by atoms with Crippen molar-refractivity contribution in [2.45, 2.75) is 0 Å². The molecule has 1 heterocycles. The summed E-state index contributed by atoms with van der Waals surface area (Å²) in [7, 11) is -3.56. The van der Waals surface area contributed by atoms with Crippen LogP contribution in [0.4, 0.5) is 5.95 Å². The van der Waals surface area contributed by atoms with Gasteiger partial charge in [0.25, 0.3) is 0 Å². The van der Waals surface area contributed by atoms with Crippen LogP contribution in [0.15, 0.2) is 12.3 Å². The molecule has 0 radical (unpaired) electrons. The Bertz CT molecular complexity index is 487. The second-order valence-corrected chi connectivity index (χ2v) is 4.60. The number of hydrogen-bond donors (Lipinski definition) is 3. The molecule has 0 saturated heterocycles. The number of carboxylic acids is 1. The van der Waals surface area contributed by atoms with E-state index in [-0.39, 0.29) is 23.9 Å². The Morgan fingerprint density at radius 1 is 1.56 bits per heavy atom. The van der Waals surface area contributed by atoms with Crippen molar-refractivity contribution in [3.8, 4) is 0 Å². The summed E-state index contributed by atoms with van der Waals surface area (Å²) in [6.07, 6.45) is 1.26. The highest BCUT2D eigenvalue weighted by atomic mass is 32.2. The van der Waals surface area contributed by atoms with Gasteiger partial charge < -0.3 is 10.4 Å². The number of carboxylic acid groups (broad SMARTS) is 1. The van der Waals surface area contributed by atoms with Crippen LogP contribution in [0, 0.1) is 0 Å². The fraction of sp³-hybridized carbons (Fsp3) is 0.286. The lowest BCUT2D eigenvalue weighted by Gasteiger charge is -2.03. The number of carbonyl (C=O) groups is 1. The highest BCUT2D eigenvalue weighted by Gasteiger charge is 2.07. The van der Waals surface area contributed by atoms with Crippen molar-refractivity contribution in [3.63, 3.8) is 0 Å². The Morgan fingerprint density at radius 2 is 2.25 bits per heavy atom. The van der Waals surface area contributed by atoms with Crippen LogP contribution < -0.4 is 10.5 Å². The summed E-state index contributed by atoms with van der Waals surface area (Å²) in [5.74, 6) is -1.42. The monoisotopic (exact) mass is 246 g/mol. The zero-order chi connectivity index (χ0) is 12.2. The molecule has 0 aliphatic heterocycles. The van der Waals surface area contributed by atoms with Crippen molar-refractivity contribution in [3.05, 3.63) is 18.0 Å². The number of aromatic nitrogens is 2. The fourth-order valence-electron chi connectivity index (χ4n) is 0.868. The molecule has 1 aromatic heterocycles. The standard InChI is InChI=1S/C7H10N4O4S/c8-16(14,15)4-3-10-7-9-2-1-5(11-7)6(12)13/h1-2H,3-4H2,(H,12,13)(H2,8,14,15)(H,9,10,11). The average Bonchev–Trinajstić information content (AvgIpc) is 2.16. The smallest absolute Gasteiger partial charge is 0.354 e. The first-order valence-corrected chi connectivity index (χ1v) is 5.91. The zero-order valence-corrected chi connectivity index (χ0v) is 8.94. The number of rotatable bonds is 5. The maximum absolute atomic E-state index is 10.6. The van der Waals surface area contributed by atoms with E-state index in [4.69, 9.17) is 10.2 Å². The van der Waals surface area contributed by atoms with E-state index in [2.05, 4.69) is 15.3 Å². The molecule has 0 fully saturated rings. The van der Waals surface area contributed by atoms with E-state index in [0.29, 0.717) is 0 Å². The van der Waals surface area contributed by atoms with Gasteiger partial charge in [0.15, 0.2) is 5.69 Å². The fourth-order valence-corrected chi connectivity index (χ4v) is 1.25. The normalized spacial score (nSPS) is 11.1. The summed E-state index contributed by atoms with van der Waals surface area (Å²) in [6.45, 7) is 0.0158. The SMILES string of the molecule is NS(=O)(=O)CCNc1nccc(C(=O)O)n1. The second-order valence-electron chi connectivity index (χ2n) is 2.86. The molecule has 0 spiro atoms. The minimum absolute atomic E-state index is 0.0158. The van der Waals surface area contributed by atoms with Gasteiger partial charge in [0.2, 0.25) is 16.0 Å². The lowest BCUT2D eigenvalue weighted by Crippen LogP contribution is -2.23. The number of aromatic carboxylic acids is 1. The zero-order valence-electron chi connectivity index (χ0n) is 8.12. The Balaban J connectivity index is 2.61. The van der Waals surface area contributed by atoms with Gasteiger partial charge >= 0.3 is 5.97 Å². The van der Waals surface area contributed by atoms with Gasteiger partial charge in [0.1, 0.15) is 0 Å². The van der Waals surface area contributed by atoms with Crippen LogP contribution in [-0.2, 0) is 10.0 Å². The molecule has 8 nitrogen and oxygen atoms in total. The van der Waals surface area contributed by atoms with Gasteiger partial charge in [-0.3, -0.25) is 0 Å². The third kappa shape index (κ3) is 4.19. The predicted octanol–water partition coefficient (Wildman–Crippen LogP) is -1.12. The third-order valence-electron chi connectivity index (χ3n) is 1.54. The van der Waals surface area contributed by atoms with Crippen LogP contribution in [0.1, 0.15) is 10.5 Å². The number of primary sulfonamides is 1. The van der Waals surface area contributed by atoms with Crippen molar-refractivity contribution < 1.29 is 18.3 Å². The van der Waals surface area contributed by atoms with E-state index in [0.717, 1.165) is 0 Å². The van der Waals surface area contributed by atoms with Crippen LogP contribution in [-0.4, -0.2) is 41.8 Å². The van der Waals surface area contributed by atoms with Crippen molar-refractivity contribution >= 4 is 21.9 Å². The molecular formula is C7H10N4O4S. The summed E-state index contributed by atoms with van der Waals surface area (Å²) in [6, 6.07) is 1.23.